The zero-order chi connectivity index (χ0) is 13.2. The summed E-state index contributed by atoms with van der Waals surface area (Å²) in [6.07, 6.45) is 4.52. The fourth-order valence-electron chi connectivity index (χ4n) is 2.13. The molecule has 0 amide bonds. The normalized spacial score (nSPS) is 14.8. The first-order valence-corrected chi connectivity index (χ1v) is 6.89. The molecule has 0 radical (unpaired) electrons. The Morgan fingerprint density at radius 3 is 2.74 bits per heavy atom. The van der Waals surface area contributed by atoms with Gasteiger partial charge in [-0.15, -0.1) is 0 Å². The van der Waals surface area contributed by atoms with Gasteiger partial charge >= 0.3 is 0 Å². The number of pyridine rings is 1. The average Bonchev–Trinajstić information content (AvgIpc) is 3.20. The van der Waals surface area contributed by atoms with Crippen LogP contribution in [-0.2, 0) is 13.1 Å². The second-order valence-electron chi connectivity index (χ2n) is 5.32. The number of aryl methyl sites for hydroxylation is 1. The standard InChI is InChI=1S/C15H20N4/c1-11-12(2)19(10-17-11)9-15-5-3-4-14(18-15)8-16-13-6-7-13/h3-5,10,13,16H,6-9H2,1-2H3. The van der Waals surface area contributed by atoms with Crippen molar-refractivity contribution < 1.29 is 0 Å². The summed E-state index contributed by atoms with van der Waals surface area (Å²) in [6, 6.07) is 6.98. The molecule has 2 aromatic rings. The Hall–Kier alpha value is -1.68. The summed E-state index contributed by atoms with van der Waals surface area (Å²) in [4.78, 5) is 9.03. The molecule has 0 aliphatic heterocycles. The highest BCUT2D eigenvalue weighted by Gasteiger charge is 2.20. The lowest BCUT2D eigenvalue weighted by Crippen LogP contribution is -2.16. The van der Waals surface area contributed by atoms with Crippen molar-refractivity contribution >= 4 is 0 Å². The SMILES string of the molecule is Cc1ncn(Cc2cccc(CNC3CC3)n2)c1C. The molecule has 1 aliphatic rings. The molecular weight excluding hydrogens is 236 g/mol. The molecule has 3 rings (SSSR count). The van der Waals surface area contributed by atoms with Gasteiger partial charge in [-0.3, -0.25) is 4.98 Å². The van der Waals surface area contributed by atoms with Crippen LogP contribution in [0, 0.1) is 13.8 Å². The fourth-order valence-corrected chi connectivity index (χ4v) is 2.13. The monoisotopic (exact) mass is 256 g/mol. The van der Waals surface area contributed by atoms with E-state index < -0.39 is 0 Å². The van der Waals surface area contributed by atoms with Gasteiger partial charge in [0.25, 0.3) is 0 Å². The Balaban J connectivity index is 1.69. The Morgan fingerprint density at radius 1 is 1.26 bits per heavy atom. The van der Waals surface area contributed by atoms with Crippen LogP contribution >= 0.6 is 0 Å². The third-order valence-electron chi connectivity index (χ3n) is 3.69. The third-order valence-corrected chi connectivity index (χ3v) is 3.69. The summed E-state index contributed by atoms with van der Waals surface area (Å²) in [5.74, 6) is 0. The van der Waals surface area contributed by atoms with E-state index >= 15 is 0 Å². The summed E-state index contributed by atoms with van der Waals surface area (Å²) in [6.45, 7) is 5.81. The molecule has 1 aliphatic carbocycles. The zero-order valence-electron chi connectivity index (χ0n) is 11.6. The molecule has 0 atom stereocenters. The minimum absolute atomic E-state index is 0.726. The van der Waals surface area contributed by atoms with Crippen molar-refractivity contribution in [3.05, 3.63) is 47.3 Å². The lowest BCUT2D eigenvalue weighted by Gasteiger charge is -2.08. The van der Waals surface area contributed by atoms with Gasteiger partial charge in [-0.2, -0.15) is 0 Å². The van der Waals surface area contributed by atoms with Crippen molar-refractivity contribution in [2.45, 2.75) is 45.8 Å². The second-order valence-corrected chi connectivity index (χ2v) is 5.32. The number of imidazole rings is 1. The fraction of sp³-hybridized carbons (Fsp3) is 0.467. The van der Waals surface area contributed by atoms with E-state index in [9.17, 15) is 0 Å². The Morgan fingerprint density at radius 2 is 2.05 bits per heavy atom. The smallest absolute Gasteiger partial charge is 0.0955 e. The van der Waals surface area contributed by atoms with Crippen molar-refractivity contribution in [1.82, 2.24) is 19.9 Å². The minimum Gasteiger partial charge on any atom is -0.329 e. The molecule has 1 fully saturated rings. The molecule has 0 aromatic carbocycles. The maximum Gasteiger partial charge on any atom is 0.0955 e. The van der Waals surface area contributed by atoms with Crippen LogP contribution in [0.1, 0.15) is 35.6 Å². The average molecular weight is 256 g/mol. The Bertz CT molecular complexity index is 569. The second kappa shape index (κ2) is 5.13. The molecule has 100 valence electrons. The molecule has 0 saturated heterocycles. The van der Waals surface area contributed by atoms with E-state index in [-0.39, 0.29) is 0 Å². The topological polar surface area (TPSA) is 42.7 Å². The van der Waals surface area contributed by atoms with Gasteiger partial charge in [-0.25, -0.2) is 4.98 Å². The van der Waals surface area contributed by atoms with Gasteiger partial charge in [-0.1, -0.05) is 6.07 Å². The van der Waals surface area contributed by atoms with Crippen molar-refractivity contribution in [2.75, 3.05) is 0 Å². The van der Waals surface area contributed by atoms with Gasteiger partial charge in [0.2, 0.25) is 0 Å². The summed E-state index contributed by atoms with van der Waals surface area (Å²) in [5, 5.41) is 3.50. The molecule has 2 aromatic heterocycles. The molecule has 0 bridgehead atoms. The first-order valence-electron chi connectivity index (χ1n) is 6.89. The van der Waals surface area contributed by atoms with Crippen LogP contribution in [0.2, 0.25) is 0 Å². The number of rotatable bonds is 5. The maximum atomic E-state index is 4.71. The summed E-state index contributed by atoms with van der Waals surface area (Å²) < 4.78 is 2.15. The third kappa shape index (κ3) is 3.01. The predicted octanol–water partition coefficient (Wildman–Crippen LogP) is 2.20. The molecule has 0 unspecified atom stereocenters. The van der Waals surface area contributed by atoms with Gasteiger partial charge < -0.3 is 9.88 Å². The number of hydrogen-bond acceptors (Lipinski definition) is 3. The van der Waals surface area contributed by atoms with Gasteiger partial charge in [0.1, 0.15) is 0 Å². The molecule has 4 nitrogen and oxygen atoms in total. The van der Waals surface area contributed by atoms with Crippen molar-refractivity contribution in [3.63, 3.8) is 0 Å². The van der Waals surface area contributed by atoms with E-state index in [1.165, 1.54) is 18.5 Å². The van der Waals surface area contributed by atoms with E-state index in [0.29, 0.717) is 0 Å². The van der Waals surface area contributed by atoms with Gasteiger partial charge in [0.05, 0.1) is 30.0 Å². The van der Waals surface area contributed by atoms with E-state index in [1.807, 2.05) is 13.3 Å². The van der Waals surface area contributed by atoms with Crippen LogP contribution < -0.4 is 5.32 Å². The van der Waals surface area contributed by atoms with Gasteiger partial charge in [-0.05, 0) is 38.8 Å². The van der Waals surface area contributed by atoms with Crippen LogP contribution in [0.25, 0.3) is 0 Å². The molecule has 1 N–H and O–H groups in total. The van der Waals surface area contributed by atoms with Crippen LogP contribution in [0.4, 0.5) is 0 Å². The number of nitrogens with one attached hydrogen (secondary N) is 1. The summed E-state index contributed by atoms with van der Waals surface area (Å²) in [7, 11) is 0. The van der Waals surface area contributed by atoms with Crippen molar-refractivity contribution in [2.24, 2.45) is 0 Å². The summed E-state index contributed by atoms with van der Waals surface area (Å²) in [5.41, 5.74) is 4.52. The molecule has 0 spiro atoms. The van der Waals surface area contributed by atoms with Crippen LogP contribution in [0.15, 0.2) is 24.5 Å². The summed E-state index contributed by atoms with van der Waals surface area (Å²) >= 11 is 0. The number of hydrogen-bond donors (Lipinski definition) is 1. The van der Waals surface area contributed by atoms with Crippen LogP contribution in [0.3, 0.4) is 0 Å². The first kappa shape index (κ1) is 12.4. The highest BCUT2D eigenvalue weighted by molar-refractivity contribution is 5.15. The van der Waals surface area contributed by atoms with Crippen molar-refractivity contribution in [1.29, 1.82) is 0 Å². The van der Waals surface area contributed by atoms with Crippen molar-refractivity contribution in [3.8, 4) is 0 Å². The maximum absolute atomic E-state index is 4.71. The van der Waals surface area contributed by atoms with Crippen LogP contribution in [0.5, 0.6) is 0 Å². The lowest BCUT2D eigenvalue weighted by molar-refractivity contribution is 0.665. The van der Waals surface area contributed by atoms with E-state index in [0.717, 1.165) is 36.2 Å². The predicted molar refractivity (Wildman–Crippen MR) is 74.9 cm³/mol. The zero-order valence-corrected chi connectivity index (χ0v) is 11.6. The molecule has 4 heteroatoms. The van der Waals surface area contributed by atoms with Gasteiger partial charge in [0.15, 0.2) is 0 Å². The Labute approximate surface area is 113 Å². The highest BCUT2D eigenvalue weighted by atomic mass is 15.1. The number of aromatic nitrogens is 3. The molecule has 2 heterocycles. The molecular formula is C15H20N4. The van der Waals surface area contributed by atoms with E-state index in [4.69, 9.17) is 4.98 Å². The van der Waals surface area contributed by atoms with E-state index in [1.54, 1.807) is 0 Å². The quantitative estimate of drug-likeness (QED) is 0.891. The minimum atomic E-state index is 0.726. The molecule has 19 heavy (non-hydrogen) atoms. The van der Waals surface area contributed by atoms with Gasteiger partial charge in [0, 0.05) is 18.3 Å². The first-order chi connectivity index (χ1) is 9.22. The highest BCUT2D eigenvalue weighted by Crippen LogP contribution is 2.19. The number of nitrogens with zero attached hydrogens (tertiary/aromatic N) is 3. The van der Waals surface area contributed by atoms with Crippen LogP contribution in [-0.4, -0.2) is 20.6 Å². The molecule has 1 saturated carbocycles. The Kier molecular flexibility index (Phi) is 3.34. The lowest BCUT2D eigenvalue weighted by atomic mass is 10.3. The largest absolute Gasteiger partial charge is 0.329 e. The van der Waals surface area contributed by atoms with E-state index in [2.05, 4.69) is 40.0 Å².